The minimum Gasteiger partial charge on any atom is -0.295 e. The Balaban J connectivity index is 0.000000948. The standard InChI is InChI=1S/C14H12N2O4.3C2H6/c1-7-2-3-8-9(6-7)14(20)16(13(8)19)10-4-5-11(17)15-12(10)18;3*1-2/h2-3,6,10H,4-5H2,1H3,(H,15,17,18);3*1-2H3. The molecule has 1 saturated heterocycles. The molecule has 2 aliphatic heterocycles. The summed E-state index contributed by atoms with van der Waals surface area (Å²) in [5, 5.41) is 2.16. The quantitative estimate of drug-likeness (QED) is 0.775. The van der Waals surface area contributed by atoms with Gasteiger partial charge in [0.25, 0.3) is 11.8 Å². The van der Waals surface area contributed by atoms with E-state index in [1.807, 2.05) is 48.5 Å². The average Bonchev–Trinajstić information content (AvgIpc) is 2.91. The van der Waals surface area contributed by atoms with Crippen molar-refractivity contribution in [3.8, 4) is 0 Å². The third-order valence-corrected chi connectivity index (χ3v) is 3.60. The van der Waals surface area contributed by atoms with Gasteiger partial charge in [0.15, 0.2) is 0 Å². The number of nitrogens with zero attached hydrogens (tertiary/aromatic N) is 1. The zero-order valence-electron chi connectivity index (χ0n) is 16.8. The van der Waals surface area contributed by atoms with E-state index in [4.69, 9.17) is 0 Å². The van der Waals surface area contributed by atoms with Crippen molar-refractivity contribution >= 4 is 23.6 Å². The van der Waals surface area contributed by atoms with Crippen molar-refractivity contribution in [3.63, 3.8) is 0 Å². The molecule has 0 spiro atoms. The van der Waals surface area contributed by atoms with Gasteiger partial charge in [-0.2, -0.15) is 0 Å². The Morgan fingerprint density at radius 1 is 0.885 bits per heavy atom. The Labute approximate surface area is 156 Å². The number of benzene rings is 1. The van der Waals surface area contributed by atoms with E-state index in [0.29, 0.717) is 11.1 Å². The molecule has 2 heterocycles. The van der Waals surface area contributed by atoms with E-state index in [-0.39, 0.29) is 18.7 Å². The van der Waals surface area contributed by atoms with Crippen LogP contribution in [0, 0.1) is 6.92 Å². The van der Waals surface area contributed by atoms with Crippen LogP contribution in [0.1, 0.15) is 80.7 Å². The highest BCUT2D eigenvalue weighted by Crippen LogP contribution is 2.27. The monoisotopic (exact) mass is 362 g/mol. The highest BCUT2D eigenvalue weighted by Gasteiger charge is 2.44. The van der Waals surface area contributed by atoms with Crippen molar-refractivity contribution in [2.24, 2.45) is 0 Å². The molecule has 0 saturated carbocycles. The Morgan fingerprint density at radius 2 is 1.42 bits per heavy atom. The number of nitrogens with one attached hydrogen (secondary N) is 1. The van der Waals surface area contributed by atoms with E-state index >= 15 is 0 Å². The molecule has 4 amide bonds. The second-order valence-corrected chi connectivity index (χ2v) is 5.00. The number of aryl methyl sites for hydroxylation is 1. The number of hydrogen-bond donors (Lipinski definition) is 1. The van der Waals surface area contributed by atoms with Crippen LogP contribution < -0.4 is 5.32 Å². The highest BCUT2D eigenvalue weighted by atomic mass is 16.2. The van der Waals surface area contributed by atoms with E-state index in [1.165, 1.54) is 0 Å². The molecule has 1 atom stereocenters. The largest absolute Gasteiger partial charge is 0.295 e. The number of imide groups is 2. The van der Waals surface area contributed by atoms with Gasteiger partial charge in [0.05, 0.1) is 11.1 Å². The molecule has 0 radical (unpaired) electrons. The molecular formula is C20H30N2O4. The summed E-state index contributed by atoms with van der Waals surface area (Å²) < 4.78 is 0. The Kier molecular flexibility index (Phi) is 10.1. The van der Waals surface area contributed by atoms with Crippen molar-refractivity contribution in [1.82, 2.24) is 10.2 Å². The molecule has 144 valence electrons. The van der Waals surface area contributed by atoms with Gasteiger partial charge in [0, 0.05) is 6.42 Å². The molecule has 0 bridgehead atoms. The van der Waals surface area contributed by atoms with Crippen LogP contribution >= 0.6 is 0 Å². The lowest BCUT2D eigenvalue weighted by atomic mass is 10.0. The maximum atomic E-state index is 12.3. The second-order valence-electron chi connectivity index (χ2n) is 5.00. The summed E-state index contributed by atoms with van der Waals surface area (Å²) in [5.74, 6) is -1.91. The van der Waals surface area contributed by atoms with Crippen LogP contribution in [-0.4, -0.2) is 34.6 Å². The molecular weight excluding hydrogens is 332 g/mol. The van der Waals surface area contributed by atoms with E-state index < -0.39 is 23.8 Å². The maximum Gasteiger partial charge on any atom is 0.262 e. The van der Waals surface area contributed by atoms with Crippen LogP contribution in [0.5, 0.6) is 0 Å². The molecule has 3 rings (SSSR count). The minimum atomic E-state index is -0.902. The normalized spacial score (nSPS) is 17.7. The molecule has 6 nitrogen and oxygen atoms in total. The second kappa shape index (κ2) is 11.2. The van der Waals surface area contributed by atoms with Crippen molar-refractivity contribution in [2.45, 2.75) is 67.3 Å². The fraction of sp³-hybridized carbons (Fsp3) is 0.500. The van der Waals surface area contributed by atoms with Gasteiger partial charge in [0.2, 0.25) is 11.8 Å². The third kappa shape index (κ3) is 4.77. The van der Waals surface area contributed by atoms with Crippen LogP contribution in [0.25, 0.3) is 0 Å². The van der Waals surface area contributed by atoms with Gasteiger partial charge in [-0.15, -0.1) is 0 Å². The molecule has 1 aromatic carbocycles. The number of carbonyl (C=O) groups excluding carboxylic acids is 4. The molecule has 1 aromatic rings. The van der Waals surface area contributed by atoms with Crippen LogP contribution in [0.15, 0.2) is 18.2 Å². The Bertz CT molecular complexity index is 668. The first kappa shape index (κ1) is 23.5. The van der Waals surface area contributed by atoms with Crippen molar-refractivity contribution in [3.05, 3.63) is 34.9 Å². The molecule has 26 heavy (non-hydrogen) atoms. The molecule has 0 aliphatic carbocycles. The van der Waals surface area contributed by atoms with Gasteiger partial charge in [-0.1, -0.05) is 53.2 Å². The summed E-state index contributed by atoms with van der Waals surface area (Å²) >= 11 is 0. The van der Waals surface area contributed by atoms with Gasteiger partial charge in [0.1, 0.15) is 6.04 Å². The molecule has 1 unspecified atom stereocenters. The van der Waals surface area contributed by atoms with E-state index in [0.717, 1.165) is 10.5 Å². The fourth-order valence-corrected chi connectivity index (χ4v) is 2.58. The number of piperidine rings is 1. The van der Waals surface area contributed by atoms with Crippen molar-refractivity contribution in [1.29, 1.82) is 0 Å². The lowest BCUT2D eigenvalue weighted by molar-refractivity contribution is -0.136. The van der Waals surface area contributed by atoms with Gasteiger partial charge in [-0.25, -0.2) is 0 Å². The summed E-state index contributed by atoms with van der Waals surface area (Å²) in [6.45, 7) is 13.8. The van der Waals surface area contributed by atoms with E-state index in [9.17, 15) is 19.2 Å². The van der Waals surface area contributed by atoms with Crippen molar-refractivity contribution in [2.75, 3.05) is 0 Å². The number of fused-ring (bicyclic) bond motifs is 1. The first-order valence-electron chi connectivity index (χ1n) is 9.31. The first-order valence-corrected chi connectivity index (χ1v) is 9.31. The van der Waals surface area contributed by atoms with Gasteiger partial charge in [-0.3, -0.25) is 29.4 Å². The topological polar surface area (TPSA) is 83.6 Å². The summed E-state index contributed by atoms with van der Waals surface area (Å²) in [6, 6.07) is 4.08. The van der Waals surface area contributed by atoms with Crippen LogP contribution in [0.3, 0.4) is 0 Å². The summed E-state index contributed by atoms with van der Waals surface area (Å²) in [4.78, 5) is 48.5. The first-order chi connectivity index (χ1) is 12.5. The number of amides is 4. The summed E-state index contributed by atoms with van der Waals surface area (Å²) in [5.41, 5.74) is 1.50. The fourth-order valence-electron chi connectivity index (χ4n) is 2.58. The number of rotatable bonds is 1. The number of hydrogen-bond acceptors (Lipinski definition) is 4. The molecule has 1 N–H and O–H groups in total. The zero-order chi connectivity index (χ0) is 20.4. The van der Waals surface area contributed by atoms with Crippen molar-refractivity contribution < 1.29 is 19.2 Å². The predicted octanol–water partition coefficient (Wildman–Crippen LogP) is 3.47. The van der Waals surface area contributed by atoms with E-state index in [2.05, 4.69) is 5.32 Å². The lowest BCUT2D eigenvalue weighted by Gasteiger charge is -2.27. The number of carbonyl (C=O) groups is 4. The molecule has 2 aliphatic rings. The minimum absolute atomic E-state index is 0.128. The summed E-state index contributed by atoms with van der Waals surface area (Å²) in [7, 11) is 0. The molecule has 0 aromatic heterocycles. The van der Waals surface area contributed by atoms with Gasteiger partial charge in [-0.05, 0) is 25.5 Å². The van der Waals surface area contributed by atoms with Crippen LogP contribution in [0.2, 0.25) is 0 Å². The van der Waals surface area contributed by atoms with E-state index in [1.54, 1.807) is 18.2 Å². The lowest BCUT2D eigenvalue weighted by Crippen LogP contribution is -2.54. The van der Waals surface area contributed by atoms with Gasteiger partial charge < -0.3 is 0 Å². The predicted molar refractivity (Wildman–Crippen MR) is 102 cm³/mol. The third-order valence-electron chi connectivity index (χ3n) is 3.60. The van der Waals surface area contributed by atoms with Gasteiger partial charge >= 0.3 is 0 Å². The molecule has 6 heteroatoms. The van der Waals surface area contributed by atoms with Crippen LogP contribution in [-0.2, 0) is 9.59 Å². The SMILES string of the molecule is CC.CC.CC.Cc1ccc2c(c1)C(=O)N(C1CCC(=O)NC1=O)C2=O. The summed E-state index contributed by atoms with van der Waals surface area (Å²) in [6.07, 6.45) is 0.304. The van der Waals surface area contributed by atoms with Crippen LogP contribution in [0.4, 0.5) is 0 Å². The maximum absolute atomic E-state index is 12.3. The highest BCUT2D eigenvalue weighted by molar-refractivity contribution is 6.23. The Hall–Kier alpha value is -2.50. The smallest absolute Gasteiger partial charge is 0.262 e. The Morgan fingerprint density at radius 3 is 1.96 bits per heavy atom. The average molecular weight is 362 g/mol. The molecule has 1 fully saturated rings. The zero-order valence-corrected chi connectivity index (χ0v) is 16.8.